The summed E-state index contributed by atoms with van der Waals surface area (Å²) in [4.78, 5) is 37.5. The van der Waals surface area contributed by atoms with Crippen LogP contribution in [0.3, 0.4) is 0 Å². The predicted octanol–water partition coefficient (Wildman–Crippen LogP) is 3.60. The van der Waals surface area contributed by atoms with Crippen molar-refractivity contribution < 1.29 is 27.9 Å². The Morgan fingerprint density at radius 2 is 1.67 bits per heavy atom. The molecule has 8 heteroatoms. The Balaban J connectivity index is 1.61. The highest BCUT2D eigenvalue weighted by molar-refractivity contribution is 5.85. The van der Waals surface area contributed by atoms with Crippen molar-refractivity contribution in [3.05, 3.63) is 71.3 Å². The Morgan fingerprint density at radius 1 is 1.00 bits per heavy atom. The average molecular weight is 459 g/mol. The number of carbonyl (C=O) groups is 3. The van der Waals surface area contributed by atoms with Crippen molar-refractivity contribution >= 4 is 17.8 Å². The van der Waals surface area contributed by atoms with Crippen molar-refractivity contribution in [2.24, 2.45) is 5.92 Å². The third-order valence-electron chi connectivity index (χ3n) is 5.87. The molecule has 0 radical (unpaired) electrons. The number of esters is 1. The molecule has 0 heterocycles. The Hall–Kier alpha value is -3.29. The van der Waals surface area contributed by atoms with Crippen LogP contribution in [-0.2, 0) is 25.5 Å². The number of ether oxygens (including phenoxy) is 1. The standard InChI is InChI=1S/C25H28F2N2O4/c1-33-25(32)24(17-7-3-2-4-8-17)29-23(31)14-18-9-5-6-10-21(18)28-22(30)13-16-11-19(26)15-20(27)12-16/h2-4,7-8,11-12,15,18,21,24H,5-6,9-10,13-14H2,1H3,(H,28,30)(H,29,31)/t18?,21-,24-/m0/s1. The summed E-state index contributed by atoms with van der Waals surface area (Å²) in [5.41, 5.74) is 0.868. The van der Waals surface area contributed by atoms with Crippen LogP contribution >= 0.6 is 0 Å². The molecule has 176 valence electrons. The molecule has 6 nitrogen and oxygen atoms in total. The zero-order valence-electron chi connectivity index (χ0n) is 18.5. The van der Waals surface area contributed by atoms with Gasteiger partial charge in [-0.15, -0.1) is 0 Å². The first-order chi connectivity index (χ1) is 15.9. The minimum atomic E-state index is -0.914. The van der Waals surface area contributed by atoms with E-state index in [1.807, 2.05) is 6.07 Å². The first kappa shape index (κ1) is 24.4. The van der Waals surface area contributed by atoms with E-state index >= 15 is 0 Å². The quantitative estimate of drug-likeness (QED) is 0.592. The van der Waals surface area contributed by atoms with Crippen LogP contribution in [0.25, 0.3) is 0 Å². The molecule has 0 spiro atoms. The summed E-state index contributed by atoms with van der Waals surface area (Å²) in [6.07, 6.45) is 3.29. The van der Waals surface area contributed by atoms with Gasteiger partial charge in [0.1, 0.15) is 11.6 Å². The topological polar surface area (TPSA) is 84.5 Å². The van der Waals surface area contributed by atoms with Crippen LogP contribution in [-0.4, -0.2) is 30.9 Å². The molecule has 0 saturated heterocycles. The minimum Gasteiger partial charge on any atom is -0.467 e. The maximum atomic E-state index is 13.4. The van der Waals surface area contributed by atoms with Crippen LogP contribution in [0.5, 0.6) is 0 Å². The zero-order valence-corrected chi connectivity index (χ0v) is 18.5. The molecule has 0 bridgehead atoms. The van der Waals surface area contributed by atoms with Gasteiger partial charge in [0.05, 0.1) is 13.5 Å². The molecular weight excluding hydrogens is 430 g/mol. The van der Waals surface area contributed by atoms with Crippen molar-refractivity contribution in [1.82, 2.24) is 10.6 Å². The van der Waals surface area contributed by atoms with Gasteiger partial charge >= 0.3 is 5.97 Å². The molecular formula is C25H28F2N2O4. The number of hydrogen-bond acceptors (Lipinski definition) is 4. The van der Waals surface area contributed by atoms with Gasteiger partial charge in [0.25, 0.3) is 0 Å². The Kier molecular flexibility index (Phi) is 8.52. The molecule has 1 aliphatic rings. The lowest BCUT2D eigenvalue weighted by Gasteiger charge is -2.32. The maximum Gasteiger partial charge on any atom is 0.333 e. The second-order valence-electron chi connectivity index (χ2n) is 8.31. The number of halogens is 2. The van der Waals surface area contributed by atoms with E-state index in [0.717, 1.165) is 37.5 Å². The normalized spacial score (nSPS) is 18.8. The SMILES string of the molecule is COC(=O)[C@@H](NC(=O)CC1CCCC[C@@H]1NC(=O)Cc1cc(F)cc(F)c1)c1ccccc1. The average Bonchev–Trinajstić information content (AvgIpc) is 2.78. The van der Waals surface area contributed by atoms with Gasteiger partial charge in [-0.25, -0.2) is 13.6 Å². The van der Waals surface area contributed by atoms with Gasteiger partial charge in [-0.05, 0) is 42.0 Å². The van der Waals surface area contributed by atoms with Crippen molar-refractivity contribution in [3.8, 4) is 0 Å². The van der Waals surface area contributed by atoms with Gasteiger partial charge in [-0.1, -0.05) is 43.2 Å². The molecule has 33 heavy (non-hydrogen) atoms. The third-order valence-corrected chi connectivity index (χ3v) is 5.87. The number of benzene rings is 2. The summed E-state index contributed by atoms with van der Waals surface area (Å²) in [6, 6.07) is 10.7. The van der Waals surface area contributed by atoms with Gasteiger partial charge in [-0.3, -0.25) is 9.59 Å². The lowest BCUT2D eigenvalue weighted by Crippen LogP contribution is -2.45. The monoisotopic (exact) mass is 458 g/mol. The van der Waals surface area contributed by atoms with E-state index in [1.54, 1.807) is 24.3 Å². The summed E-state index contributed by atoms with van der Waals surface area (Å²) in [5.74, 6) is -2.81. The zero-order chi connectivity index (χ0) is 23.8. The molecule has 0 aliphatic heterocycles. The van der Waals surface area contributed by atoms with Gasteiger partial charge in [-0.2, -0.15) is 0 Å². The summed E-state index contributed by atoms with van der Waals surface area (Å²) in [6.45, 7) is 0. The first-order valence-corrected chi connectivity index (χ1v) is 11.0. The molecule has 0 aromatic heterocycles. The Morgan fingerprint density at radius 3 is 2.33 bits per heavy atom. The summed E-state index contributed by atoms with van der Waals surface area (Å²) in [5, 5.41) is 5.67. The molecule has 2 amide bonds. The van der Waals surface area contributed by atoms with E-state index in [0.29, 0.717) is 12.0 Å². The van der Waals surface area contributed by atoms with E-state index in [1.165, 1.54) is 7.11 Å². The fourth-order valence-electron chi connectivity index (χ4n) is 4.30. The lowest BCUT2D eigenvalue weighted by atomic mass is 9.82. The summed E-state index contributed by atoms with van der Waals surface area (Å²) in [7, 11) is 1.27. The molecule has 2 aromatic rings. The van der Waals surface area contributed by atoms with Crippen LogP contribution in [0.2, 0.25) is 0 Å². The van der Waals surface area contributed by atoms with Crippen molar-refractivity contribution in [2.45, 2.75) is 50.6 Å². The van der Waals surface area contributed by atoms with Crippen LogP contribution in [0, 0.1) is 17.6 Å². The van der Waals surface area contributed by atoms with Crippen LogP contribution < -0.4 is 10.6 Å². The number of amides is 2. The number of nitrogens with one attached hydrogen (secondary N) is 2. The largest absolute Gasteiger partial charge is 0.467 e. The number of carbonyl (C=O) groups excluding carboxylic acids is 3. The fraction of sp³-hybridized carbons (Fsp3) is 0.400. The molecule has 3 atom stereocenters. The summed E-state index contributed by atoms with van der Waals surface area (Å²) < 4.78 is 31.6. The Bertz CT molecular complexity index is 963. The third kappa shape index (κ3) is 7.10. The summed E-state index contributed by atoms with van der Waals surface area (Å²) >= 11 is 0. The molecule has 1 unspecified atom stereocenters. The highest BCUT2D eigenvalue weighted by Gasteiger charge is 2.30. The smallest absolute Gasteiger partial charge is 0.333 e. The molecule has 2 aromatic carbocycles. The van der Waals surface area contributed by atoms with Crippen molar-refractivity contribution in [1.29, 1.82) is 0 Å². The van der Waals surface area contributed by atoms with Crippen molar-refractivity contribution in [2.75, 3.05) is 7.11 Å². The number of rotatable bonds is 8. The minimum absolute atomic E-state index is 0.110. The second kappa shape index (κ2) is 11.5. The highest BCUT2D eigenvalue weighted by atomic mass is 19.1. The molecule has 1 saturated carbocycles. The maximum absolute atomic E-state index is 13.4. The van der Waals surface area contributed by atoms with E-state index in [9.17, 15) is 23.2 Å². The van der Waals surface area contributed by atoms with Gasteiger partial charge < -0.3 is 15.4 Å². The molecule has 1 fully saturated rings. The van der Waals surface area contributed by atoms with Crippen LogP contribution in [0.1, 0.15) is 49.3 Å². The van der Waals surface area contributed by atoms with E-state index in [4.69, 9.17) is 4.74 Å². The number of methoxy groups -OCH3 is 1. The van der Waals surface area contributed by atoms with Crippen LogP contribution in [0.4, 0.5) is 8.78 Å². The second-order valence-corrected chi connectivity index (χ2v) is 8.31. The molecule has 3 rings (SSSR count). The fourth-order valence-corrected chi connectivity index (χ4v) is 4.30. The predicted molar refractivity (Wildman–Crippen MR) is 118 cm³/mol. The lowest BCUT2D eigenvalue weighted by molar-refractivity contribution is -0.145. The van der Waals surface area contributed by atoms with E-state index < -0.39 is 23.6 Å². The Labute approximate surface area is 191 Å². The van der Waals surface area contributed by atoms with E-state index in [-0.39, 0.29) is 42.2 Å². The molecule has 2 N–H and O–H groups in total. The van der Waals surface area contributed by atoms with Gasteiger partial charge in [0.15, 0.2) is 6.04 Å². The first-order valence-electron chi connectivity index (χ1n) is 11.0. The number of hydrogen-bond donors (Lipinski definition) is 2. The van der Waals surface area contributed by atoms with Crippen molar-refractivity contribution in [3.63, 3.8) is 0 Å². The van der Waals surface area contributed by atoms with Gasteiger partial charge in [0, 0.05) is 18.5 Å². The highest BCUT2D eigenvalue weighted by Crippen LogP contribution is 2.28. The van der Waals surface area contributed by atoms with E-state index in [2.05, 4.69) is 10.6 Å². The molecule has 1 aliphatic carbocycles. The van der Waals surface area contributed by atoms with Gasteiger partial charge in [0.2, 0.25) is 11.8 Å². The van der Waals surface area contributed by atoms with Crippen LogP contribution in [0.15, 0.2) is 48.5 Å².